The van der Waals surface area contributed by atoms with Gasteiger partial charge in [0.15, 0.2) is 6.10 Å². The first-order chi connectivity index (χ1) is 12.8. The molecule has 1 heterocycles. The molecule has 0 amide bonds. The summed E-state index contributed by atoms with van der Waals surface area (Å²) in [4.78, 5) is 22.8. The zero-order chi connectivity index (χ0) is 19.6. The summed E-state index contributed by atoms with van der Waals surface area (Å²) < 4.78 is 10.9. The van der Waals surface area contributed by atoms with Crippen LogP contribution in [0.3, 0.4) is 0 Å². The highest BCUT2D eigenvalue weighted by molar-refractivity contribution is 5.90. The summed E-state index contributed by atoms with van der Waals surface area (Å²) in [5.41, 5.74) is 2.26. The fraction of sp³-hybridized carbons (Fsp3) is 0.211. The Morgan fingerprint density at radius 1 is 1.15 bits per heavy atom. The average Bonchev–Trinajstić information content (AvgIpc) is 3.12. The number of ether oxygens (including phenoxy) is 1. The van der Waals surface area contributed by atoms with E-state index in [1.165, 1.54) is 18.2 Å². The van der Waals surface area contributed by atoms with E-state index >= 15 is 0 Å². The van der Waals surface area contributed by atoms with Crippen LogP contribution in [0.1, 0.15) is 40.4 Å². The van der Waals surface area contributed by atoms with Crippen molar-refractivity contribution in [2.24, 2.45) is 0 Å². The first-order valence-corrected chi connectivity index (χ1v) is 8.21. The number of carbonyl (C=O) groups excluding carboxylic acids is 1. The van der Waals surface area contributed by atoms with E-state index in [1.807, 2.05) is 31.2 Å². The Balaban J connectivity index is 1.75. The van der Waals surface area contributed by atoms with Crippen LogP contribution in [0.15, 0.2) is 46.9 Å². The van der Waals surface area contributed by atoms with E-state index in [1.54, 1.807) is 13.8 Å². The minimum absolute atomic E-state index is 0.0809. The molecule has 138 valence electrons. The first-order valence-electron chi connectivity index (χ1n) is 8.21. The number of nitro benzene ring substituents is 1. The van der Waals surface area contributed by atoms with Crippen LogP contribution in [0.5, 0.6) is 0 Å². The van der Waals surface area contributed by atoms with Gasteiger partial charge in [0.1, 0.15) is 0 Å². The Kier molecular flexibility index (Phi) is 4.98. The third kappa shape index (κ3) is 4.00. The Morgan fingerprint density at radius 2 is 1.85 bits per heavy atom. The Hall–Kier alpha value is -3.55. The van der Waals surface area contributed by atoms with Gasteiger partial charge >= 0.3 is 5.97 Å². The highest BCUT2D eigenvalue weighted by atomic mass is 16.6. The van der Waals surface area contributed by atoms with E-state index in [9.17, 15) is 14.9 Å². The minimum atomic E-state index is -0.801. The molecule has 0 radical (unpaired) electrons. The van der Waals surface area contributed by atoms with Gasteiger partial charge in [0.05, 0.1) is 10.5 Å². The molecule has 8 heteroatoms. The molecule has 0 N–H and O–H groups in total. The summed E-state index contributed by atoms with van der Waals surface area (Å²) in [6, 6.07) is 11.7. The monoisotopic (exact) mass is 367 g/mol. The second kappa shape index (κ2) is 7.36. The zero-order valence-corrected chi connectivity index (χ0v) is 15.0. The van der Waals surface area contributed by atoms with Crippen molar-refractivity contribution in [2.75, 3.05) is 0 Å². The lowest BCUT2D eigenvalue weighted by Crippen LogP contribution is -2.10. The van der Waals surface area contributed by atoms with E-state index in [2.05, 4.69) is 10.2 Å². The van der Waals surface area contributed by atoms with E-state index in [4.69, 9.17) is 9.15 Å². The molecule has 8 nitrogen and oxygen atoms in total. The largest absolute Gasteiger partial charge is 0.449 e. The highest BCUT2D eigenvalue weighted by Gasteiger charge is 2.22. The predicted molar refractivity (Wildman–Crippen MR) is 96.1 cm³/mol. The molecular formula is C19H17N3O5. The van der Waals surface area contributed by atoms with E-state index in [0.717, 1.165) is 11.1 Å². The highest BCUT2D eigenvalue weighted by Crippen LogP contribution is 2.25. The molecular weight excluding hydrogens is 350 g/mol. The van der Waals surface area contributed by atoms with Gasteiger partial charge in [0, 0.05) is 17.2 Å². The smallest absolute Gasteiger partial charge is 0.339 e. The van der Waals surface area contributed by atoms with Gasteiger partial charge in [-0.3, -0.25) is 10.1 Å². The number of aryl methyl sites for hydroxylation is 2. The predicted octanol–water partition coefficient (Wildman–Crippen LogP) is 4.18. The van der Waals surface area contributed by atoms with Crippen LogP contribution in [0.4, 0.5) is 5.69 Å². The lowest BCUT2D eigenvalue weighted by molar-refractivity contribution is -0.385. The molecule has 2 aromatic carbocycles. The Bertz CT molecular complexity index is 995. The van der Waals surface area contributed by atoms with Gasteiger partial charge in [-0.2, -0.15) is 0 Å². The summed E-state index contributed by atoms with van der Waals surface area (Å²) in [7, 11) is 0. The SMILES string of the molecule is Cc1ccc(-c2nnc([C@H](C)OC(=O)c3ccc(C)c([N+](=O)[O-])c3)o2)cc1. The topological polar surface area (TPSA) is 108 Å². The molecule has 3 aromatic rings. The molecule has 0 saturated carbocycles. The quantitative estimate of drug-likeness (QED) is 0.378. The van der Waals surface area contributed by atoms with Gasteiger partial charge in [0.2, 0.25) is 5.89 Å². The van der Waals surface area contributed by atoms with Crippen molar-refractivity contribution in [3.8, 4) is 11.5 Å². The van der Waals surface area contributed by atoms with E-state index < -0.39 is 17.0 Å². The third-order valence-electron chi connectivity index (χ3n) is 4.01. The molecule has 0 saturated heterocycles. The summed E-state index contributed by atoms with van der Waals surface area (Å²) in [6.07, 6.45) is -0.801. The van der Waals surface area contributed by atoms with Crippen molar-refractivity contribution in [1.29, 1.82) is 0 Å². The number of nitrogens with zero attached hydrogens (tertiary/aromatic N) is 3. The lowest BCUT2D eigenvalue weighted by Gasteiger charge is -2.09. The molecule has 1 aromatic heterocycles. The molecule has 0 spiro atoms. The van der Waals surface area contributed by atoms with Crippen LogP contribution in [0, 0.1) is 24.0 Å². The van der Waals surface area contributed by atoms with Crippen molar-refractivity contribution >= 4 is 11.7 Å². The van der Waals surface area contributed by atoms with Gasteiger partial charge in [-0.15, -0.1) is 10.2 Å². The number of nitro groups is 1. The fourth-order valence-corrected chi connectivity index (χ4v) is 2.42. The van der Waals surface area contributed by atoms with Crippen molar-refractivity contribution in [3.05, 3.63) is 75.2 Å². The Labute approximate surface area is 155 Å². The molecule has 3 rings (SSSR count). The van der Waals surface area contributed by atoms with Crippen LogP contribution in [0.2, 0.25) is 0 Å². The lowest BCUT2D eigenvalue weighted by atomic mass is 10.1. The molecule has 0 aliphatic heterocycles. The molecule has 0 fully saturated rings. The van der Waals surface area contributed by atoms with Gasteiger partial charge in [-0.05, 0) is 39.0 Å². The number of hydrogen-bond donors (Lipinski definition) is 0. The zero-order valence-electron chi connectivity index (χ0n) is 15.0. The van der Waals surface area contributed by atoms with E-state index in [0.29, 0.717) is 11.5 Å². The minimum Gasteiger partial charge on any atom is -0.449 e. The average molecular weight is 367 g/mol. The van der Waals surface area contributed by atoms with Crippen molar-refractivity contribution in [3.63, 3.8) is 0 Å². The molecule has 1 atom stereocenters. The van der Waals surface area contributed by atoms with Gasteiger partial charge in [-0.1, -0.05) is 23.8 Å². The van der Waals surface area contributed by atoms with Crippen LogP contribution in [-0.2, 0) is 4.74 Å². The molecule has 0 aliphatic rings. The van der Waals surface area contributed by atoms with Crippen molar-refractivity contribution in [2.45, 2.75) is 26.9 Å². The summed E-state index contributed by atoms with van der Waals surface area (Å²) in [6.45, 7) is 5.16. The number of hydrogen-bond acceptors (Lipinski definition) is 7. The van der Waals surface area contributed by atoms with Crippen LogP contribution in [0.25, 0.3) is 11.5 Å². The standard InChI is InChI=1S/C19H17N3O5/c1-11-4-7-14(8-5-11)18-21-20-17(27-18)13(3)26-19(23)15-9-6-12(2)16(10-15)22(24)25/h4-10,13H,1-3H3/t13-/m0/s1. The van der Waals surface area contributed by atoms with Crippen LogP contribution >= 0.6 is 0 Å². The number of aromatic nitrogens is 2. The molecule has 0 aliphatic carbocycles. The van der Waals surface area contributed by atoms with Crippen LogP contribution in [-0.4, -0.2) is 21.1 Å². The van der Waals surface area contributed by atoms with Crippen molar-refractivity contribution < 1.29 is 18.9 Å². The number of rotatable bonds is 5. The second-order valence-corrected chi connectivity index (χ2v) is 6.12. The van der Waals surface area contributed by atoms with E-state index in [-0.39, 0.29) is 17.1 Å². The van der Waals surface area contributed by atoms with Gasteiger partial charge < -0.3 is 9.15 Å². The van der Waals surface area contributed by atoms with Gasteiger partial charge in [-0.25, -0.2) is 4.79 Å². The molecule has 27 heavy (non-hydrogen) atoms. The maximum Gasteiger partial charge on any atom is 0.339 e. The second-order valence-electron chi connectivity index (χ2n) is 6.12. The van der Waals surface area contributed by atoms with Crippen molar-refractivity contribution in [1.82, 2.24) is 10.2 Å². The maximum atomic E-state index is 12.3. The molecule has 0 unspecified atom stereocenters. The maximum absolute atomic E-state index is 12.3. The summed E-state index contributed by atoms with van der Waals surface area (Å²) in [5.74, 6) is -0.250. The summed E-state index contributed by atoms with van der Waals surface area (Å²) >= 11 is 0. The first kappa shape index (κ1) is 18.2. The number of benzene rings is 2. The third-order valence-corrected chi connectivity index (χ3v) is 4.01. The normalized spacial score (nSPS) is 11.8. The number of esters is 1. The van der Waals surface area contributed by atoms with Crippen LogP contribution < -0.4 is 0 Å². The molecule has 0 bridgehead atoms. The summed E-state index contributed by atoms with van der Waals surface area (Å²) in [5, 5.41) is 18.9. The van der Waals surface area contributed by atoms with Gasteiger partial charge in [0.25, 0.3) is 11.6 Å². The fourth-order valence-electron chi connectivity index (χ4n) is 2.42. The Morgan fingerprint density at radius 3 is 2.52 bits per heavy atom. The number of carbonyl (C=O) groups is 1.